The Kier molecular flexibility index (Phi) is 1.56. The molecule has 3 aliphatic carbocycles. The highest BCUT2D eigenvalue weighted by Crippen LogP contribution is 2.64. The van der Waals surface area contributed by atoms with Gasteiger partial charge in [-0.25, -0.2) is 0 Å². The predicted octanol–water partition coefficient (Wildman–Crippen LogP) is 2.37. The number of hydrogen-bond acceptors (Lipinski definition) is 2. The van der Waals surface area contributed by atoms with Crippen molar-refractivity contribution in [1.82, 2.24) is 5.06 Å². The molecule has 0 aromatic rings. The van der Waals surface area contributed by atoms with Crippen molar-refractivity contribution >= 4 is 0 Å². The summed E-state index contributed by atoms with van der Waals surface area (Å²) in [7, 11) is 2.15. The van der Waals surface area contributed by atoms with Gasteiger partial charge in [0.25, 0.3) is 0 Å². The normalized spacial score (nSPS) is 57.1. The zero-order valence-electron chi connectivity index (χ0n) is 9.36. The van der Waals surface area contributed by atoms with Gasteiger partial charge in [-0.05, 0) is 25.2 Å². The molecule has 82 valence electrons. The Morgan fingerprint density at radius 3 is 3.20 bits per heavy atom. The van der Waals surface area contributed by atoms with Crippen LogP contribution in [0.3, 0.4) is 0 Å². The van der Waals surface area contributed by atoms with Gasteiger partial charge < -0.3 is 0 Å². The third-order valence-corrected chi connectivity index (χ3v) is 5.40. The van der Waals surface area contributed by atoms with Crippen molar-refractivity contribution in [1.29, 1.82) is 0 Å². The Morgan fingerprint density at radius 2 is 2.27 bits per heavy atom. The maximum Gasteiger partial charge on any atom is 0.0933 e. The van der Waals surface area contributed by atoms with Crippen LogP contribution in [0, 0.1) is 17.3 Å². The molecule has 4 aliphatic rings. The molecule has 2 heteroatoms. The van der Waals surface area contributed by atoms with Crippen molar-refractivity contribution in [2.45, 2.75) is 44.2 Å². The fraction of sp³-hybridized carbons (Fsp3) is 0.846. The van der Waals surface area contributed by atoms with E-state index in [4.69, 9.17) is 4.84 Å². The average molecular weight is 205 g/mol. The van der Waals surface area contributed by atoms with Crippen LogP contribution in [-0.2, 0) is 4.84 Å². The lowest BCUT2D eigenvalue weighted by atomic mass is 9.62. The molecule has 3 fully saturated rings. The van der Waals surface area contributed by atoms with Crippen LogP contribution >= 0.6 is 0 Å². The summed E-state index contributed by atoms with van der Waals surface area (Å²) in [6, 6.07) is 0.705. The van der Waals surface area contributed by atoms with Crippen LogP contribution in [0.15, 0.2) is 12.2 Å². The molecule has 0 aromatic heterocycles. The van der Waals surface area contributed by atoms with Gasteiger partial charge >= 0.3 is 0 Å². The monoisotopic (exact) mass is 205 g/mol. The first kappa shape index (κ1) is 8.77. The van der Waals surface area contributed by atoms with E-state index in [-0.39, 0.29) is 0 Å². The average Bonchev–Trinajstić information content (AvgIpc) is 2.88. The molecule has 1 aliphatic heterocycles. The molecule has 4 rings (SSSR count). The summed E-state index contributed by atoms with van der Waals surface area (Å²) < 4.78 is 0. The van der Waals surface area contributed by atoms with E-state index in [1.165, 1.54) is 32.1 Å². The Labute approximate surface area is 91.2 Å². The van der Waals surface area contributed by atoms with Crippen LogP contribution in [0.1, 0.15) is 32.1 Å². The van der Waals surface area contributed by atoms with Gasteiger partial charge in [-0.2, -0.15) is 5.06 Å². The first-order valence-corrected chi connectivity index (χ1v) is 6.40. The Bertz CT molecular complexity index is 326. The smallest absolute Gasteiger partial charge is 0.0933 e. The summed E-state index contributed by atoms with van der Waals surface area (Å²) in [4.78, 5) is 6.14. The van der Waals surface area contributed by atoms with E-state index in [9.17, 15) is 0 Å². The Balaban J connectivity index is 1.82. The highest BCUT2D eigenvalue weighted by molar-refractivity contribution is 5.25. The second-order valence-corrected chi connectivity index (χ2v) is 5.84. The zero-order chi connectivity index (χ0) is 10.0. The van der Waals surface area contributed by atoms with Gasteiger partial charge in [0.2, 0.25) is 0 Å². The summed E-state index contributed by atoms with van der Waals surface area (Å²) >= 11 is 0. The Morgan fingerprint density at radius 1 is 1.33 bits per heavy atom. The summed E-state index contributed by atoms with van der Waals surface area (Å²) in [5.41, 5.74) is 0.506. The van der Waals surface area contributed by atoms with Crippen LogP contribution in [-0.4, -0.2) is 24.3 Å². The number of fused-ring (bicyclic) bond motifs is 3. The van der Waals surface area contributed by atoms with Crippen molar-refractivity contribution in [3.63, 3.8) is 0 Å². The SMILES string of the molecule is CN1O[C@H]2[C@@H]3C=C[C@@H](C3)[C@]23CCCC[C@H]13. The standard InChI is InChI=1S/C13H19NO/c1-14-11-4-2-3-7-13(11)10-6-5-9(8-10)12(13)15-14/h5-6,9-12H,2-4,7-8H2,1H3/t9-,10+,11+,12+,13+/m1/s1. The highest BCUT2D eigenvalue weighted by atomic mass is 16.7. The summed E-state index contributed by atoms with van der Waals surface area (Å²) in [6.07, 6.45) is 12.3. The van der Waals surface area contributed by atoms with E-state index in [1.807, 2.05) is 0 Å². The van der Waals surface area contributed by atoms with Crippen LogP contribution in [0.2, 0.25) is 0 Å². The van der Waals surface area contributed by atoms with Crippen molar-refractivity contribution in [2.75, 3.05) is 7.05 Å². The zero-order valence-corrected chi connectivity index (χ0v) is 9.36. The molecule has 2 nitrogen and oxygen atoms in total. The summed E-state index contributed by atoms with van der Waals surface area (Å²) in [5, 5.41) is 2.19. The number of hydrogen-bond donors (Lipinski definition) is 0. The fourth-order valence-corrected chi connectivity index (χ4v) is 4.88. The Hall–Kier alpha value is -0.340. The van der Waals surface area contributed by atoms with E-state index in [0.29, 0.717) is 17.6 Å². The number of allylic oxidation sites excluding steroid dienone is 1. The molecule has 1 spiro atoms. The van der Waals surface area contributed by atoms with Crippen LogP contribution in [0.5, 0.6) is 0 Å². The minimum absolute atomic E-state index is 0.506. The van der Waals surface area contributed by atoms with Crippen molar-refractivity contribution in [3.05, 3.63) is 12.2 Å². The summed E-state index contributed by atoms with van der Waals surface area (Å²) in [5.74, 6) is 1.54. The van der Waals surface area contributed by atoms with E-state index >= 15 is 0 Å². The van der Waals surface area contributed by atoms with Crippen LogP contribution in [0.25, 0.3) is 0 Å². The maximum absolute atomic E-state index is 6.14. The van der Waals surface area contributed by atoms with Gasteiger partial charge in [-0.3, -0.25) is 4.84 Å². The molecule has 0 amide bonds. The molecule has 1 saturated heterocycles. The van der Waals surface area contributed by atoms with Gasteiger partial charge in [-0.1, -0.05) is 25.0 Å². The van der Waals surface area contributed by atoms with Gasteiger partial charge in [0.1, 0.15) is 0 Å². The van der Waals surface area contributed by atoms with Gasteiger partial charge in [0.15, 0.2) is 0 Å². The molecular weight excluding hydrogens is 186 g/mol. The molecule has 0 N–H and O–H groups in total. The molecule has 15 heavy (non-hydrogen) atoms. The topological polar surface area (TPSA) is 12.5 Å². The second-order valence-electron chi connectivity index (χ2n) is 5.84. The first-order chi connectivity index (χ1) is 7.32. The van der Waals surface area contributed by atoms with Crippen molar-refractivity contribution in [2.24, 2.45) is 17.3 Å². The third-order valence-electron chi connectivity index (χ3n) is 5.40. The van der Waals surface area contributed by atoms with Gasteiger partial charge in [-0.15, -0.1) is 0 Å². The molecule has 2 saturated carbocycles. The highest BCUT2D eigenvalue weighted by Gasteiger charge is 2.65. The van der Waals surface area contributed by atoms with E-state index in [2.05, 4.69) is 24.3 Å². The molecule has 0 unspecified atom stereocenters. The number of rotatable bonds is 0. The molecule has 2 bridgehead atoms. The van der Waals surface area contributed by atoms with Crippen molar-refractivity contribution in [3.8, 4) is 0 Å². The van der Waals surface area contributed by atoms with E-state index in [0.717, 1.165) is 11.8 Å². The lowest BCUT2D eigenvalue weighted by Crippen LogP contribution is -2.46. The first-order valence-electron chi connectivity index (χ1n) is 6.40. The molecular formula is C13H19NO. The predicted molar refractivity (Wildman–Crippen MR) is 58.1 cm³/mol. The third kappa shape index (κ3) is 0.853. The number of nitrogens with zero attached hydrogens (tertiary/aromatic N) is 1. The molecule has 0 aromatic carbocycles. The number of hydroxylamine groups is 2. The summed E-state index contributed by atoms with van der Waals surface area (Å²) in [6.45, 7) is 0. The fourth-order valence-electron chi connectivity index (χ4n) is 4.88. The second kappa shape index (κ2) is 2.67. The minimum Gasteiger partial charge on any atom is -0.294 e. The largest absolute Gasteiger partial charge is 0.294 e. The molecule has 1 heterocycles. The molecule has 0 radical (unpaired) electrons. The van der Waals surface area contributed by atoms with Crippen LogP contribution in [0.4, 0.5) is 0 Å². The van der Waals surface area contributed by atoms with Gasteiger partial charge in [0.05, 0.1) is 6.10 Å². The quantitative estimate of drug-likeness (QED) is 0.563. The minimum atomic E-state index is 0.506. The van der Waals surface area contributed by atoms with Gasteiger partial charge in [0, 0.05) is 24.4 Å². The lowest BCUT2D eigenvalue weighted by Gasteiger charge is -2.43. The van der Waals surface area contributed by atoms with E-state index < -0.39 is 0 Å². The van der Waals surface area contributed by atoms with Crippen LogP contribution < -0.4 is 0 Å². The maximum atomic E-state index is 6.14. The van der Waals surface area contributed by atoms with Crippen molar-refractivity contribution < 1.29 is 4.84 Å². The van der Waals surface area contributed by atoms with E-state index in [1.54, 1.807) is 0 Å². The lowest BCUT2D eigenvalue weighted by molar-refractivity contribution is -0.152. The molecule has 5 atom stereocenters.